The number of aromatic nitrogens is 2. The minimum absolute atomic E-state index is 0.0422. The standard InChI is InChI=1S/C25H20F3N3O5/c1-14-22-19(12-20(30-23(22)36-31-14)16-4-6-17(26)7-5-16)24(33)34-13-21(32)29-11-10-15-2-8-18(9-3-15)35-25(27)28/h2-9,12,25H,10-11,13H2,1H3,(H,29,32). The molecule has 0 aliphatic heterocycles. The molecule has 4 rings (SSSR count). The van der Waals surface area contributed by atoms with Crippen molar-refractivity contribution < 1.29 is 36.8 Å². The van der Waals surface area contributed by atoms with Crippen LogP contribution in [0.25, 0.3) is 22.4 Å². The van der Waals surface area contributed by atoms with Gasteiger partial charge in [0.15, 0.2) is 6.61 Å². The summed E-state index contributed by atoms with van der Waals surface area (Å²) >= 11 is 0. The Kier molecular flexibility index (Phi) is 7.47. The predicted molar refractivity (Wildman–Crippen MR) is 122 cm³/mol. The summed E-state index contributed by atoms with van der Waals surface area (Å²) in [6.07, 6.45) is 0.431. The van der Waals surface area contributed by atoms with Crippen LogP contribution >= 0.6 is 0 Å². The molecular weight excluding hydrogens is 479 g/mol. The number of ether oxygens (including phenoxy) is 2. The molecule has 36 heavy (non-hydrogen) atoms. The minimum Gasteiger partial charge on any atom is -0.452 e. The van der Waals surface area contributed by atoms with Gasteiger partial charge < -0.3 is 19.3 Å². The molecule has 186 valence electrons. The molecule has 2 aromatic carbocycles. The first kappa shape index (κ1) is 24.7. The lowest BCUT2D eigenvalue weighted by Gasteiger charge is -2.09. The molecule has 8 nitrogen and oxygen atoms in total. The number of nitrogens with one attached hydrogen (secondary N) is 1. The zero-order chi connectivity index (χ0) is 25.7. The molecule has 0 aliphatic carbocycles. The fourth-order valence-corrected chi connectivity index (χ4v) is 3.47. The van der Waals surface area contributed by atoms with Gasteiger partial charge in [-0.1, -0.05) is 17.3 Å². The number of fused-ring (bicyclic) bond motifs is 1. The van der Waals surface area contributed by atoms with Gasteiger partial charge in [0.1, 0.15) is 11.6 Å². The first-order valence-corrected chi connectivity index (χ1v) is 10.8. The fourth-order valence-electron chi connectivity index (χ4n) is 3.47. The molecule has 0 saturated carbocycles. The van der Waals surface area contributed by atoms with Crippen LogP contribution < -0.4 is 10.1 Å². The van der Waals surface area contributed by atoms with E-state index in [4.69, 9.17) is 9.26 Å². The maximum Gasteiger partial charge on any atom is 0.387 e. The maximum absolute atomic E-state index is 13.3. The third-order valence-electron chi connectivity index (χ3n) is 5.20. The highest BCUT2D eigenvalue weighted by Gasteiger charge is 2.21. The molecule has 0 spiro atoms. The van der Waals surface area contributed by atoms with Gasteiger partial charge in [0.25, 0.3) is 11.6 Å². The molecule has 0 saturated heterocycles. The van der Waals surface area contributed by atoms with E-state index in [1.165, 1.54) is 42.5 Å². The lowest BCUT2D eigenvalue weighted by molar-refractivity contribution is -0.124. The van der Waals surface area contributed by atoms with Gasteiger partial charge in [0.05, 0.1) is 22.3 Å². The number of carbonyl (C=O) groups is 2. The molecule has 1 N–H and O–H groups in total. The van der Waals surface area contributed by atoms with Crippen molar-refractivity contribution in [2.75, 3.05) is 13.2 Å². The Morgan fingerprint density at radius 1 is 1.08 bits per heavy atom. The second kappa shape index (κ2) is 10.9. The van der Waals surface area contributed by atoms with Crippen molar-refractivity contribution in [3.8, 4) is 17.0 Å². The van der Waals surface area contributed by atoms with Crippen LogP contribution in [0.5, 0.6) is 5.75 Å². The first-order chi connectivity index (χ1) is 17.3. The number of esters is 1. The van der Waals surface area contributed by atoms with Crippen LogP contribution in [0.3, 0.4) is 0 Å². The quantitative estimate of drug-likeness (QED) is 0.339. The molecule has 0 unspecified atom stereocenters. The number of carbonyl (C=O) groups excluding carboxylic acids is 2. The van der Waals surface area contributed by atoms with Gasteiger partial charge in [-0.25, -0.2) is 14.2 Å². The number of hydrogen-bond donors (Lipinski definition) is 1. The van der Waals surface area contributed by atoms with Crippen molar-refractivity contribution in [1.29, 1.82) is 0 Å². The Hall–Kier alpha value is -4.41. The molecule has 0 aliphatic rings. The minimum atomic E-state index is -2.90. The average molecular weight is 499 g/mol. The Morgan fingerprint density at radius 2 is 1.81 bits per heavy atom. The predicted octanol–water partition coefficient (Wildman–Crippen LogP) is 4.45. The van der Waals surface area contributed by atoms with E-state index in [-0.39, 0.29) is 23.6 Å². The lowest BCUT2D eigenvalue weighted by atomic mass is 10.1. The first-order valence-electron chi connectivity index (χ1n) is 10.8. The second-order valence-electron chi connectivity index (χ2n) is 7.71. The summed E-state index contributed by atoms with van der Waals surface area (Å²) in [7, 11) is 0. The molecule has 0 atom stereocenters. The van der Waals surface area contributed by atoms with Crippen LogP contribution in [0.1, 0.15) is 21.6 Å². The number of nitrogens with zero attached hydrogens (tertiary/aromatic N) is 2. The third-order valence-corrected chi connectivity index (χ3v) is 5.20. The molecular formula is C25H20F3N3O5. The highest BCUT2D eigenvalue weighted by molar-refractivity contribution is 6.04. The summed E-state index contributed by atoms with van der Waals surface area (Å²) in [5.41, 5.74) is 2.33. The summed E-state index contributed by atoms with van der Waals surface area (Å²) in [5.74, 6) is -1.67. The summed E-state index contributed by atoms with van der Waals surface area (Å²) < 4.78 is 52.4. The lowest BCUT2D eigenvalue weighted by Crippen LogP contribution is -2.30. The highest BCUT2D eigenvalue weighted by Crippen LogP contribution is 2.27. The molecule has 0 bridgehead atoms. The van der Waals surface area contributed by atoms with E-state index in [9.17, 15) is 22.8 Å². The number of pyridine rings is 1. The monoisotopic (exact) mass is 499 g/mol. The van der Waals surface area contributed by atoms with E-state index in [0.29, 0.717) is 28.8 Å². The Morgan fingerprint density at radius 3 is 2.50 bits per heavy atom. The largest absolute Gasteiger partial charge is 0.452 e. The van der Waals surface area contributed by atoms with Gasteiger partial charge in [-0.3, -0.25) is 4.79 Å². The van der Waals surface area contributed by atoms with Crippen molar-refractivity contribution in [3.05, 3.63) is 77.2 Å². The topological polar surface area (TPSA) is 104 Å². The van der Waals surface area contributed by atoms with E-state index in [1.807, 2.05) is 0 Å². The van der Waals surface area contributed by atoms with E-state index in [2.05, 4.69) is 20.2 Å². The Balaban J connectivity index is 1.36. The molecule has 0 fully saturated rings. The number of amides is 1. The van der Waals surface area contributed by atoms with Crippen LogP contribution in [0.15, 0.2) is 59.1 Å². The van der Waals surface area contributed by atoms with E-state index in [1.54, 1.807) is 19.1 Å². The number of alkyl halides is 2. The number of halogens is 3. The van der Waals surface area contributed by atoms with Crippen molar-refractivity contribution in [2.45, 2.75) is 20.0 Å². The normalized spacial score (nSPS) is 11.0. The van der Waals surface area contributed by atoms with Crippen molar-refractivity contribution in [1.82, 2.24) is 15.5 Å². The Bertz CT molecular complexity index is 1370. The fraction of sp³-hybridized carbons (Fsp3) is 0.200. The SMILES string of the molecule is Cc1noc2nc(-c3ccc(F)cc3)cc(C(=O)OCC(=O)NCCc3ccc(OC(F)F)cc3)c12. The molecule has 2 aromatic heterocycles. The molecule has 4 aromatic rings. The van der Waals surface area contributed by atoms with E-state index < -0.39 is 30.9 Å². The molecule has 1 amide bonds. The number of aryl methyl sites for hydroxylation is 1. The van der Waals surface area contributed by atoms with Crippen LogP contribution in [0, 0.1) is 12.7 Å². The van der Waals surface area contributed by atoms with Gasteiger partial charge in [0.2, 0.25) is 0 Å². The van der Waals surface area contributed by atoms with Gasteiger partial charge in [-0.05, 0) is 61.4 Å². The molecule has 11 heteroatoms. The van der Waals surface area contributed by atoms with Gasteiger partial charge in [-0.2, -0.15) is 8.78 Å². The Labute approximate surface area is 203 Å². The molecule has 0 radical (unpaired) electrons. The van der Waals surface area contributed by atoms with Crippen molar-refractivity contribution in [2.24, 2.45) is 0 Å². The van der Waals surface area contributed by atoms with Gasteiger partial charge in [0, 0.05) is 12.1 Å². The van der Waals surface area contributed by atoms with Gasteiger partial charge >= 0.3 is 12.6 Å². The summed E-state index contributed by atoms with van der Waals surface area (Å²) in [4.78, 5) is 29.3. The maximum atomic E-state index is 13.3. The van der Waals surface area contributed by atoms with Crippen LogP contribution in [-0.2, 0) is 16.0 Å². The van der Waals surface area contributed by atoms with Crippen LogP contribution in [-0.4, -0.2) is 41.8 Å². The van der Waals surface area contributed by atoms with Crippen LogP contribution in [0.2, 0.25) is 0 Å². The highest BCUT2D eigenvalue weighted by atomic mass is 19.3. The number of rotatable bonds is 9. The summed E-state index contributed by atoms with van der Waals surface area (Å²) in [6.45, 7) is -1.55. The summed E-state index contributed by atoms with van der Waals surface area (Å²) in [5, 5.41) is 6.82. The zero-order valence-corrected chi connectivity index (χ0v) is 19.0. The number of benzene rings is 2. The summed E-state index contributed by atoms with van der Waals surface area (Å²) in [6, 6.07) is 13.1. The van der Waals surface area contributed by atoms with Gasteiger partial charge in [-0.15, -0.1) is 0 Å². The van der Waals surface area contributed by atoms with Crippen LogP contribution in [0.4, 0.5) is 13.2 Å². The smallest absolute Gasteiger partial charge is 0.387 e. The van der Waals surface area contributed by atoms with E-state index >= 15 is 0 Å². The molecule has 2 heterocycles. The van der Waals surface area contributed by atoms with Crippen molar-refractivity contribution >= 4 is 23.0 Å². The third kappa shape index (κ3) is 5.98. The average Bonchev–Trinajstić information content (AvgIpc) is 3.24. The van der Waals surface area contributed by atoms with Crippen molar-refractivity contribution in [3.63, 3.8) is 0 Å². The number of hydrogen-bond acceptors (Lipinski definition) is 7. The zero-order valence-electron chi connectivity index (χ0n) is 19.0. The second-order valence-corrected chi connectivity index (χ2v) is 7.71. The van der Waals surface area contributed by atoms with E-state index in [0.717, 1.165) is 5.56 Å².